The fraction of sp³-hybridized carbons (Fsp3) is 0.263. The number of para-hydroxylation sites is 2. The van der Waals surface area contributed by atoms with Crippen LogP contribution >= 0.6 is 0 Å². The van der Waals surface area contributed by atoms with Crippen LogP contribution in [-0.2, 0) is 4.79 Å². The van der Waals surface area contributed by atoms with Crippen LogP contribution in [0.4, 0.5) is 11.4 Å². The molecule has 0 fully saturated rings. The van der Waals surface area contributed by atoms with Crippen LogP contribution < -0.4 is 5.32 Å². The number of Topliss-reactive ketones (excluding diaryl/α,β-unsaturated/α-hetero) is 1. The van der Waals surface area contributed by atoms with Crippen molar-refractivity contribution >= 4 is 22.9 Å². The highest BCUT2D eigenvalue weighted by Gasteiger charge is 2.43. The number of ketones is 1. The molecular weight excluding hydrogens is 364 g/mol. The second kappa shape index (κ2) is 7.65. The minimum atomic E-state index is -0.679. The van der Waals surface area contributed by atoms with Crippen LogP contribution in [0, 0.1) is 26.1 Å². The maximum absolute atomic E-state index is 12.3. The van der Waals surface area contributed by atoms with E-state index in [0.717, 1.165) is 0 Å². The number of hydrogen-bond acceptors (Lipinski definition) is 6. The van der Waals surface area contributed by atoms with Crippen LogP contribution in [0.15, 0.2) is 53.5 Å². The number of carbonyl (C=O) groups excluding carboxylic acids is 1. The molecule has 0 saturated carbocycles. The molecule has 0 bridgehead atoms. The number of aliphatic imine (C=N–C) groups is 1. The molecule has 3 atom stereocenters. The fourth-order valence-electron chi connectivity index (χ4n) is 3.75. The molecule has 2 aromatic rings. The van der Waals surface area contributed by atoms with Gasteiger partial charge in [-0.15, -0.1) is 0 Å². The molecule has 1 heterocycles. The predicted molar refractivity (Wildman–Crippen MR) is 101 cm³/mol. The summed E-state index contributed by atoms with van der Waals surface area (Å²) in [5, 5.41) is 24.6. The van der Waals surface area contributed by atoms with Crippen molar-refractivity contribution in [2.24, 2.45) is 10.9 Å². The Morgan fingerprint density at radius 1 is 0.964 bits per heavy atom. The van der Waals surface area contributed by atoms with Gasteiger partial charge in [0.1, 0.15) is 23.3 Å². The van der Waals surface area contributed by atoms with Crippen LogP contribution in [0.25, 0.3) is 0 Å². The topological polar surface area (TPSA) is 132 Å². The van der Waals surface area contributed by atoms with Gasteiger partial charge in [-0.1, -0.05) is 24.3 Å². The summed E-state index contributed by atoms with van der Waals surface area (Å²) in [6.45, 7) is 3.10. The number of nitro groups is 2. The minimum Gasteiger partial charge on any atom is -0.314 e. The summed E-state index contributed by atoms with van der Waals surface area (Å²) in [4.78, 5) is 38.8. The molecular formula is C19H19N4O5+. The molecule has 9 nitrogen and oxygen atoms in total. The van der Waals surface area contributed by atoms with E-state index in [0.29, 0.717) is 16.8 Å². The SMILES string of the molecule is CC(=O)C1C(C)=N[C@H](c2ccccc2[N+](=O)[O-])[NH2+][C@H]1c1ccccc1[N+](=O)[O-]. The molecule has 28 heavy (non-hydrogen) atoms. The Balaban J connectivity index is 2.14. The predicted octanol–water partition coefficient (Wildman–Crippen LogP) is 2.49. The molecule has 0 aromatic heterocycles. The van der Waals surface area contributed by atoms with Crippen LogP contribution in [0.2, 0.25) is 0 Å². The van der Waals surface area contributed by atoms with Crippen molar-refractivity contribution in [1.29, 1.82) is 0 Å². The van der Waals surface area contributed by atoms with Gasteiger partial charge in [0.15, 0.2) is 0 Å². The summed E-state index contributed by atoms with van der Waals surface area (Å²) in [6, 6.07) is 11.9. The summed E-state index contributed by atoms with van der Waals surface area (Å²) in [6.07, 6.45) is -0.679. The van der Waals surface area contributed by atoms with E-state index < -0.39 is 28.0 Å². The van der Waals surface area contributed by atoms with E-state index in [1.807, 2.05) is 0 Å². The first-order valence-corrected chi connectivity index (χ1v) is 8.67. The second-order valence-corrected chi connectivity index (χ2v) is 6.65. The van der Waals surface area contributed by atoms with Gasteiger partial charge in [0.2, 0.25) is 6.17 Å². The van der Waals surface area contributed by atoms with Crippen molar-refractivity contribution in [2.45, 2.75) is 26.1 Å². The van der Waals surface area contributed by atoms with Crippen molar-refractivity contribution in [3.05, 3.63) is 79.9 Å². The molecule has 144 valence electrons. The zero-order valence-corrected chi connectivity index (χ0v) is 15.3. The Morgan fingerprint density at radius 3 is 2.00 bits per heavy atom. The van der Waals surface area contributed by atoms with Gasteiger partial charge in [-0.3, -0.25) is 25.0 Å². The quantitative estimate of drug-likeness (QED) is 0.625. The Hall–Kier alpha value is -3.46. The standard InChI is InChI=1S/C19H18N4O5/c1-11-17(12(2)24)18(13-7-3-5-9-15(13)22(25)26)21-19(20-11)14-8-4-6-10-16(14)23(27)28/h3-10,17-19,21H,1-2H3/p+1/t17?,18-,19-/m0/s1. The number of nitrogens with zero attached hydrogens (tertiary/aromatic N) is 3. The normalized spacial score (nSPS) is 21.6. The zero-order chi connectivity index (χ0) is 20.4. The second-order valence-electron chi connectivity index (χ2n) is 6.65. The van der Waals surface area contributed by atoms with Crippen molar-refractivity contribution < 1.29 is 20.0 Å². The summed E-state index contributed by atoms with van der Waals surface area (Å²) in [5.41, 5.74) is 1.11. The first kappa shape index (κ1) is 19.3. The lowest BCUT2D eigenvalue weighted by Gasteiger charge is -2.31. The van der Waals surface area contributed by atoms with E-state index in [1.54, 1.807) is 48.6 Å². The number of nitrogens with two attached hydrogens (primary N) is 1. The highest BCUT2D eigenvalue weighted by atomic mass is 16.6. The van der Waals surface area contributed by atoms with Gasteiger partial charge in [-0.2, -0.15) is 0 Å². The lowest BCUT2D eigenvalue weighted by molar-refractivity contribution is -0.739. The highest BCUT2D eigenvalue weighted by molar-refractivity contribution is 6.04. The minimum absolute atomic E-state index is 0.0807. The molecule has 1 aliphatic heterocycles. The number of quaternary nitrogens is 1. The average molecular weight is 383 g/mol. The summed E-state index contributed by atoms with van der Waals surface area (Å²) >= 11 is 0. The number of hydrogen-bond donors (Lipinski definition) is 1. The van der Waals surface area contributed by atoms with E-state index in [1.165, 1.54) is 19.1 Å². The van der Waals surface area contributed by atoms with Gasteiger partial charge in [0, 0.05) is 17.8 Å². The van der Waals surface area contributed by atoms with Gasteiger partial charge < -0.3 is 5.32 Å². The lowest BCUT2D eigenvalue weighted by Crippen LogP contribution is -2.89. The molecule has 2 N–H and O–H groups in total. The van der Waals surface area contributed by atoms with Gasteiger partial charge in [-0.05, 0) is 26.0 Å². The maximum Gasteiger partial charge on any atom is 0.280 e. The van der Waals surface area contributed by atoms with Gasteiger partial charge in [-0.25, -0.2) is 4.99 Å². The molecule has 0 radical (unpaired) electrons. The van der Waals surface area contributed by atoms with Crippen LogP contribution in [0.3, 0.4) is 0 Å². The van der Waals surface area contributed by atoms with Gasteiger partial charge in [0.05, 0.1) is 15.4 Å². The molecule has 9 heteroatoms. The summed E-state index contributed by atoms with van der Waals surface area (Å²) in [5.74, 6) is -0.818. The Morgan fingerprint density at radius 2 is 1.46 bits per heavy atom. The highest BCUT2D eigenvalue weighted by Crippen LogP contribution is 2.34. The molecule has 0 spiro atoms. The smallest absolute Gasteiger partial charge is 0.280 e. The lowest BCUT2D eigenvalue weighted by atomic mass is 9.84. The number of carbonyl (C=O) groups is 1. The third-order valence-corrected chi connectivity index (χ3v) is 4.92. The summed E-state index contributed by atoms with van der Waals surface area (Å²) < 4.78 is 0. The van der Waals surface area contributed by atoms with Crippen LogP contribution in [0.5, 0.6) is 0 Å². The molecule has 0 aliphatic carbocycles. The first-order chi connectivity index (χ1) is 13.3. The first-order valence-electron chi connectivity index (χ1n) is 8.67. The van der Waals surface area contributed by atoms with Crippen molar-refractivity contribution in [2.75, 3.05) is 0 Å². The van der Waals surface area contributed by atoms with Crippen molar-refractivity contribution in [3.8, 4) is 0 Å². The van der Waals surface area contributed by atoms with Crippen molar-refractivity contribution in [1.82, 2.24) is 0 Å². The van der Waals surface area contributed by atoms with Crippen LogP contribution in [0.1, 0.15) is 37.2 Å². The number of rotatable bonds is 5. The van der Waals surface area contributed by atoms with E-state index in [-0.39, 0.29) is 17.2 Å². The van der Waals surface area contributed by atoms with E-state index in [4.69, 9.17) is 0 Å². The molecule has 2 aromatic carbocycles. The Labute approximate surface area is 160 Å². The van der Waals surface area contributed by atoms with E-state index in [2.05, 4.69) is 4.99 Å². The molecule has 3 rings (SSSR count). The van der Waals surface area contributed by atoms with Crippen molar-refractivity contribution in [3.63, 3.8) is 0 Å². The third-order valence-electron chi connectivity index (χ3n) is 4.92. The number of nitro benzene ring substituents is 2. The molecule has 1 aliphatic rings. The Kier molecular flexibility index (Phi) is 5.27. The maximum atomic E-state index is 12.3. The zero-order valence-electron chi connectivity index (χ0n) is 15.3. The largest absolute Gasteiger partial charge is 0.314 e. The van der Waals surface area contributed by atoms with Crippen LogP contribution in [-0.4, -0.2) is 21.3 Å². The molecule has 0 saturated heterocycles. The van der Waals surface area contributed by atoms with E-state index >= 15 is 0 Å². The fourth-order valence-corrected chi connectivity index (χ4v) is 3.75. The third kappa shape index (κ3) is 3.52. The molecule has 1 unspecified atom stereocenters. The van der Waals surface area contributed by atoms with E-state index in [9.17, 15) is 25.0 Å². The van der Waals surface area contributed by atoms with Gasteiger partial charge >= 0.3 is 0 Å². The average Bonchev–Trinajstić information content (AvgIpc) is 2.66. The molecule has 0 amide bonds. The van der Waals surface area contributed by atoms with Gasteiger partial charge in [0.25, 0.3) is 11.4 Å². The number of benzene rings is 2. The monoisotopic (exact) mass is 383 g/mol. The Bertz CT molecular complexity index is 988. The summed E-state index contributed by atoms with van der Waals surface area (Å²) in [7, 11) is 0.